The lowest BCUT2D eigenvalue weighted by atomic mass is 9.99. The van der Waals surface area contributed by atoms with Gasteiger partial charge in [0.1, 0.15) is 5.82 Å². The van der Waals surface area contributed by atoms with E-state index in [2.05, 4.69) is 40.5 Å². The first-order chi connectivity index (χ1) is 7.65. The van der Waals surface area contributed by atoms with E-state index in [1.165, 1.54) is 12.8 Å². The Morgan fingerprint density at radius 1 is 1.50 bits per heavy atom. The van der Waals surface area contributed by atoms with Crippen LogP contribution in [0.1, 0.15) is 25.3 Å². The second kappa shape index (κ2) is 4.78. The first-order valence-corrected chi connectivity index (χ1v) is 5.91. The van der Waals surface area contributed by atoms with E-state index < -0.39 is 0 Å². The third-order valence-corrected chi connectivity index (χ3v) is 3.35. The van der Waals surface area contributed by atoms with E-state index >= 15 is 0 Å². The normalized spacial score (nSPS) is 26.7. The lowest BCUT2D eigenvalue weighted by molar-refractivity contribution is 0.190. The molecule has 1 fully saturated rings. The van der Waals surface area contributed by atoms with E-state index in [-0.39, 0.29) is 0 Å². The molecule has 1 saturated heterocycles. The van der Waals surface area contributed by atoms with Crippen molar-refractivity contribution in [1.29, 1.82) is 0 Å². The second-order valence-corrected chi connectivity index (χ2v) is 4.81. The van der Waals surface area contributed by atoms with Gasteiger partial charge < -0.3 is 10.2 Å². The Labute approximate surface area is 97.1 Å². The van der Waals surface area contributed by atoms with Crippen LogP contribution >= 0.6 is 0 Å². The summed E-state index contributed by atoms with van der Waals surface area (Å²) in [5.41, 5.74) is 1.15. The number of rotatable bonds is 2. The highest BCUT2D eigenvalue weighted by atomic mass is 15.2. The molecule has 2 unspecified atom stereocenters. The molecule has 0 amide bonds. The van der Waals surface area contributed by atoms with Crippen molar-refractivity contribution < 1.29 is 0 Å². The van der Waals surface area contributed by atoms with Crippen LogP contribution < -0.4 is 5.32 Å². The first kappa shape index (κ1) is 11.3. The molecule has 2 rings (SSSR count). The molecule has 1 N–H and O–H groups in total. The maximum absolute atomic E-state index is 4.10. The summed E-state index contributed by atoms with van der Waals surface area (Å²) in [5, 5.41) is 11.5. The van der Waals surface area contributed by atoms with Gasteiger partial charge in [-0.2, -0.15) is 5.10 Å². The van der Waals surface area contributed by atoms with Crippen LogP contribution in [0.15, 0.2) is 12.3 Å². The molecule has 2 heterocycles. The summed E-state index contributed by atoms with van der Waals surface area (Å²) in [6, 6.07) is 3.22. The van der Waals surface area contributed by atoms with Crippen LogP contribution in [0.3, 0.4) is 0 Å². The van der Waals surface area contributed by atoms with Gasteiger partial charge in [-0.3, -0.25) is 0 Å². The van der Waals surface area contributed by atoms with Gasteiger partial charge in [-0.1, -0.05) is 0 Å². The number of aromatic nitrogens is 2. The fraction of sp³-hybridized carbons (Fsp3) is 0.667. The number of likely N-dealkylation sites (tertiary alicyclic amines) is 1. The van der Waals surface area contributed by atoms with Crippen LogP contribution in [0.25, 0.3) is 0 Å². The molecule has 4 nitrogen and oxygen atoms in total. The minimum absolute atomic E-state index is 0.530. The molecule has 1 aromatic rings. The summed E-state index contributed by atoms with van der Waals surface area (Å²) in [4.78, 5) is 2.40. The predicted molar refractivity (Wildman–Crippen MR) is 65.5 cm³/mol. The molecule has 88 valence electrons. The molecule has 1 aliphatic rings. The highest BCUT2D eigenvalue weighted by molar-refractivity contribution is 5.36. The van der Waals surface area contributed by atoms with E-state index in [4.69, 9.17) is 0 Å². The zero-order valence-corrected chi connectivity index (χ0v) is 10.3. The van der Waals surface area contributed by atoms with Crippen molar-refractivity contribution in [3.63, 3.8) is 0 Å². The molecular formula is C12H20N4. The number of anilines is 1. The van der Waals surface area contributed by atoms with Crippen LogP contribution in [-0.2, 0) is 0 Å². The summed E-state index contributed by atoms with van der Waals surface area (Å²) in [6.45, 7) is 5.46. The van der Waals surface area contributed by atoms with Gasteiger partial charge in [0.2, 0.25) is 0 Å². The smallest absolute Gasteiger partial charge is 0.149 e. The Hall–Kier alpha value is -1.16. The van der Waals surface area contributed by atoms with Crippen LogP contribution in [0.5, 0.6) is 0 Å². The fourth-order valence-corrected chi connectivity index (χ4v) is 2.16. The van der Waals surface area contributed by atoms with E-state index in [9.17, 15) is 0 Å². The Morgan fingerprint density at radius 3 is 3.00 bits per heavy atom. The van der Waals surface area contributed by atoms with Crippen molar-refractivity contribution in [3.8, 4) is 0 Å². The van der Waals surface area contributed by atoms with Crippen molar-refractivity contribution in [2.24, 2.45) is 0 Å². The van der Waals surface area contributed by atoms with Gasteiger partial charge in [-0.25, -0.2) is 0 Å². The number of nitrogens with zero attached hydrogens (tertiary/aromatic N) is 3. The topological polar surface area (TPSA) is 41.1 Å². The first-order valence-electron chi connectivity index (χ1n) is 5.91. The van der Waals surface area contributed by atoms with Gasteiger partial charge in [0, 0.05) is 18.6 Å². The molecule has 2 atom stereocenters. The van der Waals surface area contributed by atoms with Crippen molar-refractivity contribution in [2.75, 3.05) is 18.9 Å². The number of aryl methyl sites for hydroxylation is 1. The largest absolute Gasteiger partial charge is 0.366 e. The van der Waals surface area contributed by atoms with Crippen LogP contribution in [0.2, 0.25) is 0 Å². The van der Waals surface area contributed by atoms with Crippen molar-refractivity contribution in [2.45, 2.75) is 38.8 Å². The highest BCUT2D eigenvalue weighted by Gasteiger charge is 2.22. The SMILES string of the molecule is Cc1cnnc(NC2CCN(C)C(C)C2)c1. The zero-order chi connectivity index (χ0) is 11.5. The third kappa shape index (κ3) is 2.70. The molecule has 0 spiro atoms. The van der Waals surface area contributed by atoms with Crippen molar-refractivity contribution >= 4 is 5.82 Å². The van der Waals surface area contributed by atoms with Gasteiger partial charge in [-0.05, 0) is 45.4 Å². The average Bonchev–Trinajstić information content (AvgIpc) is 2.24. The summed E-state index contributed by atoms with van der Waals surface area (Å²) >= 11 is 0. The molecule has 1 aliphatic heterocycles. The maximum Gasteiger partial charge on any atom is 0.149 e. The zero-order valence-electron chi connectivity index (χ0n) is 10.3. The van der Waals surface area contributed by atoms with Gasteiger partial charge in [0.05, 0.1) is 6.20 Å². The molecule has 16 heavy (non-hydrogen) atoms. The molecule has 0 radical (unpaired) electrons. The molecule has 0 saturated carbocycles. The second-order valence-electron chi connectivity index (χ2n) is 4.81. The van der Waals surface area contributed by atoms with Crippen molar-refractivity contribution in [1.82, 2.24) is 15.1 Å². The number of hydrogen-bond donors (Lipinski definition) is 1. The molecule has 1 aromatic heterocycles. The van der Waals surface area contributed by atoms with E-state index in [0.717, 1.165) is 17.9 Å². The fourth-order valence-electron chi connectivity index (χ4n) is 2.16. The quantitative estimate of drug-likeness (QED) is 0.823. The third-order valence-electron chi connectivity index (χ3n) is 3.35. The van der Waals surface area contributed by atoms with Crippen molar-refractivity contribution in [3.05, 3.63) is 17.8 Å². The van der Waals surface area contributed by atoms with Crippen LogP contribution in [0, 0.1) is 6.92 Å². The van der Waals surface area contributed by atoms with E-state index in [1.54, 1.807) is 6.20 Å². The standard InChI is InChI=1S/C12H20N4/c1-9-6-12(15-13-8-9)14-11-4-5-16(3)10(2)7-11/h6,8,10-11H,4-5,7H2,1-3H3,(H,14,15). The Kier molecular flexibility index (Phi) is 3.39. The van der Waals surface area contributed by atoms with Gasteiger partial charge >= 0.3 is 0 Å². The lowest BCUT2D eigenvalue weighted by Crippen LogP contribution is -2.42. The predicted octanol–water partition coefficient (Wildman–Crippen LogP) is 1.68. The molecule has 0 aliphatic carbocycles. The van der Waals surface area contributed by atoms with Gasteiger partial charge in [0.15, 0.2) is 0 Å². The number of nitrogens with one attached hydrogen (secondary N) is 1. The summed E-state index contributed by atoms with van der Waals surface area (Å²) < 4.78 is 0. The number of piperidine rings is 1. The molecule has 0 bridgehead atoms. The average molecular weight is 220 g/mol. The Bertz CT molecular complexity index is 353. The summed E-state index contributed by atoms with van der Waals surface area (Å²) in [6.07, 6.45) is 4.13. The molecular weight excluding hydrogens is 200 g/mol. The monoisotopic (exact) mass is 220 g/mol. The highest BCUT2D eigenvalue weighted by Crippen LogP contribution is 2.18. The van der Waals surface area contributed by atoms with Crippen LogP contribution in [-0.4, -0.2) is 40.8 Å². The molecule has 4 heteroatoms. The van der Waals surface area contributed by atoms with E-state index in [1.807, 2.05) is 6.92 Å². The number of hydrogen-bond acceptors (Lipinski definition) is 4. The summed E-state index contributed by atoms with van der Waals surface area (Å²) in [7, 11) is 2.19. The minimum atomic E-state index is 0.530. The lowest BCUT2D eigenvalue weighted by Gasteiger charge is -2.35. The molecule has 0 aromatic carbocycles. The Balaban J connectivity index is 1.95. The minimum Gasteiger partial charge on any atom is -0.366 e. The summed E-state index contributed by atoms with van der Waals surface area (Å²) in [5.74, 6) is 0.904. The van der Waals surface area contributed by atoms with E-state index in [0.29, 0.717) is 12.1 Å². The van der Waals surface area contributed by atoms with Gasteiger partial charge in [-0.15, -0.1) is 5.10 Å². The maximum atomic E-state index is 4.10. The van der Waals surface area contributed by atoms with Gasteiger partial charge in [0.25, 0.3) is 0 Å². The Morgan fingerprint density at radius 2 is 2.31 bits per heavy atom. The van der Waals surface area contributed by atoms with Crippen LogP contribution in [0.4, 0.5) is 5.82 Å².